The molecule has 0 N–H and O–H groups in total. The molecule has 37 heavy (non-hydrogen) atoms. The fourth-order valence-electron chi connectivity index (χ4n) is 4.04. The molecule has 1 aliphatic rings. The molecule has 1 aromatic carbocycles. The SMILES string of the molecule is COC(=O)[C@@H]1CC[C@@H](Oc2ccc(-c3nnn(C)c3COC(=O)Oc3ccc([N+](=O)[O-])cc3)nc2C)C1. The number of nitro benzene ring substituents is 1. The number of benzene rings is 1. The highest BCUT2D eigenvalue weighted by atomic mass is 16.7. The Hall–Kier alpha value is -4.55. The number of aromatic nitrogens is 4. The maximum Gasteiger partial charge on any atom is 0.514 e. The Kier molecular flexibility index (Phi) is 7.60. The van der Waals surface area contributed by atoms with Gasteiger partial charge in [0.1, 0.15) is 29.5 Å². The van der Waals surface area contributed by atoms with Gasteiger partial charge in [-0.1, -0.05) is 5.21 Å². The van der Waals surface area contributed by atoms with Gasteiger partial charge in [0.2, 0.25) is 0 Å². The maximum absolute atomic E-state index is 12.1. The van der Waals surface area contributed by atoms with E-state index in [4.69, 9.17) is 18.9 Å². The molecule has 0 aliphatic heterocycles. The molecule has 2 heterocycles. The molecule has 0 saturated heterocycles. The number of rotatable bonds is 8. The molecule has 3 aromatic rings. The number of esters is 1. The second kappa shape index (κ2) is 11.0. The van der Waals surface area contributed by atoms with Crippen LogP contribution in [0.4, 0.5) is 10.5 Å². The van der Waals surface area contributed by atoms with E-state index < -0.39 is 11.1 Å². The first-order valence-electron chi connectivity index (χ1n) is 11.4. The molecule has 13 nitrogen and oxygen atoms in total. The maximum atomic E-state index is 12.1. The number of methoxy groups -OCH3 is 1. The minimum atomic E-state index is -0.990. The number of aryl methyl sites for hydroxylation is 2. The molecule has 194 valence electrons. The smallest absolute Gasteiger partial charge is 0.489 e. The molecule has 0 amide bonds. The van der Waals surface area contributed by atoms with E-state index in [1.165, 1.54) is 36.1 Å². The van der Waals surface area contributed by atoms with E-state index in [1.54, 1.807) is 26.1 Å². The molecule has 1 aliphatic carbocycles. The van der Waals surface area contributed by atoms with Crippen LogP contribution >= 0.6 is 0 Å². The lowest BCUT2D eigenvalue weighted by molar-refractivity contribution is -0.384. The van der Waals surface area contributed by atoms with E-state index >= 15 is 0 Å². The van der Waals surface area contributed by atoms with Crippen molar-refractivity contribution in [3.05, 3.63) is 57.9 Å². The number of non-ortho nitro benzene ring substituents is 1. The number of pyridine rings is 1. The van der Waals surface area contributed by atoms with Crippen molar-refractivity contribution >= 4 is 17.8 Å². The van der Waals surface area contributed by atoms with Gasteiger partial charge in [0, 0.05) is 19.2 Å². The van der Waals surface area contributed by atoms with Crippen LogP contribution in [0.3, 0.4) is 0 Å². The van der Waals surface area contributed by atoms with Gasteiger partial charge < -0.3 is 18.9 Å². The molecule has 1 fully saturated rings. The Balaban J connectivity index is 1.39. The number of hydrogen-bond acceptors (Lipinski definition) is 11. The quantitative estimate of drug-likeness (QED) is 0.188. The summed E-state index contributed by atoms with van der Waals surface area (Å²) >= 11 is 0. The molecule has 1 saturated carbocycles. The van der Waals surface area contributed by atoms with E-state index in [-0.39, 0.29) is 36.0 Å². The summed E-state index contributed by atoms with van der Waals surface area (Å²) in [6, 6.07) is 8.56. The summed E-state index contributed by atoms with van der Waals surface area (Å²) in [6.45, 7) is 1.61. The molecule has 0 spiro atoms. The van der Waals surface area contributed by atoms with Crippen molar-refractivity contribution in [1.82, 2.24) is 20.0 Å². The fraction of sp³-hybridized carbons (Fsp3) is 0.375. The minimum Gasteiger partial charge on any atom is -0.489 e. The highest BCUT2D eigenvalue weighted by Gasteiger charge is 2.32. The van der Waals surface area contributed by atoms with E-state index in [0.717, 1.165) is 12.8 Å². The molecule has 0 bridgehead atoms. The number of nitro groups is 1. The standard InChI is InChI=1S/C24H25N5O8/c1-14-21(36-18-7-4-15(12-18)23(30)34-3)11-10-19(25-14)22-20(28(2)27-26-22)13-35-24(31)37-17-8-5-16(6-9-17)29(32)33/h5-6,8-11,15,18H,4,7,12-13H2,1-3H3/t15-,18-/m1/s1. The molecule has 13 heteroatoms. The molecular weight excluding hydrogens is 486 g/mol. The van der Waals surface area contributed by atoms with E-state index in [0.29, 0.717) is 34.9 Å². The van der Waals surface area contributed by atoms with Crippen molar-refractivity contribution in [2.24, 2.45) is 13.0 Å². The minimum absolute atomic E-state index is 0.0994. The van der Waals surface area contributed by atoms with Crippen LogP contribution in [-0.2, 0) is 27.9 Å². The average Bonchev–Trinajstić information content (AvgIpc) is 3.50. The Morgan fingerprint density at radius 3 is 2.59 bits per heavy atom. The van der Waals surface area contributed by atoms with Crippen molar-refractivity contribution in [3.63, 3.8) is 0 Å². The van der Waals surface area contributed by atoms with Gasteiger partial charge >= 0.3 is 12.1 Å². The van der Waals surface area contributed by atoms with Crippen LogP contribution in [0.2, 0.25) is 0 Å². The van der Waals surface area contributed by atoms with E-state index in [9.17, 15) is 19.7 Å². The molecule has 2 atom stereocenters. The monoisotopic (exact) mass is 511 g/mol. The van der Waals surface area contributed by atoms with Crippen molar-refractivity contribution in [3.8, 4) is 22.9 Å². The van der Waals surface area contributed by atoms with Gasteiger partial charge in [0.05, 0.1) is 35.4 Å². The third kappa shape index (κ3) is 6.00. The predicted octanol–water partition coefficient (Wildman–Crippen LogP) is 3.53. The third-order valence-electron chi connectivity index (χ3n) is 6.01. The highest BCUT2D eigenvalue weighted by Crippen LogP contribution is 2.32. The summed E-state index contributed by atoms with van der Waals surface area (Å²) in [4.78, 5) is 38.7. The molecule has 2 aromatic heterocycles. The summed E-state index contributed by atoms with van der Waals surface area (Å²) in [5, 5.41) is 18.9. The van der Waals surface area contributed by atoms with Crippen molar-refractivity contribution in [2.45, 2.75) is 38.9 Å². The summed E-state index contributed by atoms with van der Waals surface area (Å²) in [6.07, 6.45) is 0.976. The van der Waals surface area contributed by atoms with E-state index in [1.807, 2.05) is 0 Å². The summed E-state index contributed by atoms with van der Waals surface area (Å²) in [5.41, 5.74) is 1.93. The molecule has 4 rings (SSSR count). The van der Waals surface area contributed by atoms with Gasteiger partial charge in [-0.2, -0.15) is 0 Å². The Bertz CT molecular complexity index is 1310. The third-order valence-corrected chi connectivity index (χ3v) is 6.01. The Morgan fingerprint density at radius 2 is 1.92 bits per heavy atom. The normalized spacial score (nSPS) is 16.7. The molecular formula is C24H25N5O8. The molecule has 0 radical (unpaired) electrons. The fourth-order valence-corrected chi connectivity index (χ4v) is 4.04. The summed E-state index contributed by atoms with van der Waals surface area (Å²) < 4.78 is 22.6. The van der Waals surface area contributed by atoms with E-state index in [2.05, 4.69) is 15.3 Å². The van der Waals surface area contributed by atoms with Gasteiger partial charge in [-0.3, -0.25) is 14.9 Å². The van der Waals surface area contributed by atoms with Crippen molar-refractivity contribution in [2.75, 3.05) is 7.11 Å². The Morgan fingerprint density at radius 1 is 1.16 bits per heavy atom. The lowest BCUT2D eigenvalue weighted by Gasteiger charge is -2.16. The van der Waals surface area contributed by atoms with Crippen LogP contribution in [-0.4, -0.2) is 50.2 Å². The van der Waals surface area contributed by atoms with Crippen LogP contribution in [0.15, 0.2) is 36.4 Å². The zero-order valence-electron chi connectivity index (χ0n) is 20.4. The first-order chi connectivity index (χ1) is 17.7. The zero-order valence-corrected chi connectivity index (χ0v) is 20.4. The number of ether oxygens (including phenoxy) is 4. The predicted molar refractivity (Wildman–Crippen MR) is 127 cm³/mol. The number of hydrogen-bond donors (Lipinski definition) is 0. The molecule has 0 unspecified atom stereocenters. The van der Waals surface area contributed by atoms with Gasteiger partial charge in [-0.15, -0.1) is 5.10 Å². The summed E-state index contributed by atoms with van der Waals surface area (Å²) in [7, 11) is 3.04. The zero-order chi connectivity index (χ0) is 26.5. The highest BCUT2D eigenvalue weighted by molar-refractivity contribution is 5.72. The Labute approximate surface area is 211 Å². The number of carbonyl (C=O) groups is 2. The largest absolute Gasteiger partial charge is 0.514 e. The van der Waals surface area contributed by atoms with Crippen LogP contribution in [0.25, 0.3) is 11.4 Å². The van der Waals surface area contributed by atoms with Gasteiger partial charge in [0.25, 0.3) is 5.69 Å². The van der Waals surface area contributed by atoms with Crippen LogP contribution in [0, 0.1) is 23.0 Å². The number of carbonyl (C=O) groups excluding carboxylic acids is 2. The second-order valence-electron chi connectivity index (χ2n) is 8.45. The van der Waals surface area contributed by atoms with Crippen LogP contribution < -0.4 is 9.47 Å². The second-order valence-corrected chi connectivity index (χ2v) is 8.45. The first kappa shape index (κ1) is 25.5. The van der Waals surface area contributed by atoms with Gasteiger partial charge in [-0.25, -0.2) is 14.5 Å². The topological polar surface area (TPSA) is 158 Å². The van der Waals surface area contributed by atoms with Crippen molar-refractivity contribution in [1.29, 1.82) is 0 Å². The first-order valence-corrected chi connectivity index (χ1v) is 11.4. The van der Waals surface area contributed by atoms with Gasteiger partial charge in [0.15, 0.2) is 0 Å². The van der Waals surface area contributed by atoms with Gasteiger partial charge in [-0.05, 0) is 50.5 Å². The average molecular weight is 511 g/mol. The van der Waals surface area contributed by atoms with Crippen LogP contribution in [0.5, 0.6) is 11.5 Å². The van der Waals surface area contributed by atoms with Crippen LogP contribution in [0.1, 0.15) is 30.7 Å². The lowest BCUT2D eigenvalue weighted by atomic mass is 10.1. The number of nitrogens with zero attached hydrogens (tertiary/aromatic N) is 5. The van der Waals surface area contributed by atoms with Crippen molar-refractivity contribution < 1.29 is 33.5 Å². The lowest BCUT2D eigenvalue weighted by Crippen LogP contribution is -2.17. The summed E-state index contributed by atoms with van der Waals surface area (Å²) in [5.74, 6) is 0.335.